The lowest BCUT2D eigenvalue weighted by atomic mass is 10.0. The number of hydrogen-bond donors (Lipinski definition) is 1. The molecule has 1 aliphatic heterocycles. The van der Waals surface area contributed by atoms with E-state index in [1.54, 1.807) is 30.3 Å². The molecule has 5 nitrogen and oxygen atoms in total. The van der Waals surface area contributed by atoms with Crippen molar-refractivity contribution >= 4 is 23.5 Å². The zero-order valence-electron chi connectivity index (χ0n) is 21.7. The molecule has 1 fully saturated rings. The summed E-state index contributed by atoms with van der Waals surface area (Å²) in [5, 5.41) is 9.52. The van der Waals surface area contributed by atoms with Crippen LogP contribution in [0.15, 0.2) is 60.7 Å². The van der Waals surface area contributed by atoms with Crippen LogP contribution in [-0.2, 0) is 13.2 Å². The summed E-state index contributed by atoms with van der Waals surface area (Å²) in [6, 6.07) is 16.3. The third-order valence-corrected chi connectivity index (χ3v) is 6.21. The van der Waals surface area contributed by atoms with Crippen LogP contribution < -0.4 is 4.74 Å². The molecule has 33 heavy (non-hydrogen) atoms. The fourth-order valence-electron chi connectivity index (χ4n) is 4.20. The molecule has 0 aromatic heterocycles. The molecule has 1 N–H and O–H groups in total. The van der Waals surface area contributed by atoms with Crippen LogP contribution in [0.25, 0.3) is 11.1 Å². The number of rotatable bonds is 6. The van der Waals surface area contributed by atoms with Gasteiger partial charge in [-0.1, -0.05) is 48.7 Å². The molecular weight excluding hydrogens is 438 g/mol. The first-order valence-electron chi connectivity index (χ1n) is 12.7. The second-order valence-electron chi connectivity index (χ2n) is 8.05. The van der Waals surface area contributed by atoms with Gasteiger partial charge in [-0.05, 0) is 71.4 Å². The van der Waals surface area contributed by atoms with E-state index in [2.05, 4.69) is 0 Å². The second-order valence-corrected chi connectivity index (χ2v) is 8.46. The van der Waals surface area contributed by atoms with Gasteiger partial charge in [-0.2, -0.15) is 0 Å². The average Bonchev–Trinajstić information content (AvgIpc) is 3.28. The Hall–Kier alpha value is -3.31. The van der Waals surface area contributed by atoms with E-state index in [1.165, 1.54) is 11.0 Å². The molecule has 0 radical (unpaired) electrons. The van der Waals surface area contributed by atoms with Crippen LogP contribution >= 0.6 is 11.6 Å². The summed E-state index contributed by atoms with van der Waals surface area (Å²) < 4.78 is 39.0. The van der Waals surface area contributed by atoms with Gasteiger partial charge in [-0.3, -0.25) is 4.79 Å². The summed E-state index contributed by atoms with van der Waals surface area (Å²) in [6.07, 6.45) is -3.43. The molecule has 168 valence electrons. The normalized spacial score (nSPS) is 20.5. The molecule has 0 unspecified atom stereocenters. The zero-order chi connectivity index (χ0) is 26.5. The van der Waals surface area contributed by atoms with Gasteiger partial charge in [0.25, 0.3) is 5.91 Å². The SMILES string of the molecule is [2H]C1([2H])CCC([2H])([2H])C1N1Cc2cc(OCc3cccc(-c4ccc(Cl)c(C(=O)O)c4)c3)ccc2C1=O. The molecule has 1 amide bonds. The van der Waals surface area contributed by atoms with Gasteiger partial charge in [-0.15, -0.1) is 0 Å². The molecule has 1 saturated carbocycles. The van der Waals surface area contributed by atoms with E-state index in [4.69, 9.17) is 21.8 Å². The van der Waals surface area contributed by atoms with Crippen LogP contribution in [0.1, 0.15) is 62.9 Å². The zero-order valence-corrected chi connectivity index (χ0v) is 18.4. The van der Waals surface area contributed by atoms with Gasteiger partial charge in [-0.25, -0.2) is 4.79 Å². The molecule has 2 aliphatic rings. The Kier molecular flexibility index (Phi) is 4.64. The fourth-order valence-corrected chi connectivity index (χ4v) is 4.40. The van der Waals surface area contributed by atoms with Crippen molar-refractivity contribution in [2.24, 2.45) is 0 Å². The minimum absolute atomic E-state index is 0.0290. The van der Waals surface area contributed by atoms with Gasteiger partial charge in [0.2, 0.25) is 0 Å². The molecular formula is C27H24ClNO4. The van der Waals surface area contributed by atoms with E-state index in [0.717, 1.165) is 11.1 Å². The number of nitrogens with zero attached hydrogens (tertiary/aromatic N) is 1. The number of carboxylic acids is 1. The van der Waals surface area contributed by atoms with Crippen LogP contribution in [0, 0.1) is 0 Å². The highest BCUT2D eigenvalue weighted by Gasteiger charge is 2.34. The van der Waals surface area contributed by atoms with Crippen molar-refractivity contribution in [1.29, 1.82) is 0 Å². The lowest BCUT2D eigenvalue weighted by molar-refractivity contribution is 0.0691. The smallest absolute Gasteiger partial charge is 0.337 e. The molecule has 5 rings (SSSR count). The molecule has 1 aliphatic carbocycles. The standard InChI is InChI=1S/C27H24ClNO4/c28-25-11-8-19(14-24(25)27(31)32)18-5-3-4-17(12-18)16-33-22-9-10-23-20(13-22)15-29(26(23)30)21-6-1-2-7-21/h3-5,8-14,21H,1-2,6-7,15-16H2,(H,31,32)/i6D2,7D2. The first kappa shape index (κ1) is 17.2. The van der Waals surface area contributed by atoms with E-state index in [9.17, 15) is 14.7 Å². The summed E-state index contributed by atoms with van der Waals surface area (Å²) in [5.74, 6) is -0.922. The van der Waals surface area contributed by atoms with Crippen LogP contribution in [0.5, 0.6) is 5.75 Å². The van der Waals surface area contributed by atoms with Gasteiger partial charge >= 0.3 is 5.97 Å². The first-order valence-corrected chi connectivity index (χ1v) is 11.0. The number of aromatic carboxylic acids is 1. The highest BCUT2D eigenvalue weighted by Crippen LogP contribution is 2.33. The number of benzene rings is 3. The number of fused-ring (bicyclic) bond motifs is 1. The van der Waals surface area contributed by atoms with Gasteiger partial charge in [0.05, 0.1) is 10.6 Å². The molecule has 0 saturated heterocycles. The lowest BCUT2D eigenvalue weighted by Crippen LogP contribution is -2.33. The summed E-state index contributed by atoms with van der Waals surface area (Å²) in [4.78, 5) is 25.8. The van der Waals surface area contributed by atoms with Crippen molar-refractivity contribution in [1.82, 2.24) is 4.90 Å². The van der Waals surface area contributed by atoms with Crippen molar-refractivity contribution < 1.29 is 24.9 Å². The van der Waals surface area contributed by atoms with Gasteiger partial charge in [0, 0.05) is 23.6 Å². The van der Waals surface area contributed by atoms with Crippen molar-refractivity contribution in [2.45, 2.75) is 44.8 Å². The van der Waals surface area contributed by atoms with Crippen LogP contribution in [0.2, 0.25) is 5.02 Å². The van der Waals surface area contributed by atoms with Crippen LogP contribution in [-0.4, -0.2) is 27.9 Å². The molecule has 1 heterocycles. The average molecular weight is 466 g/mol. The molecule has 3 aromatic rings. The van der Waals surface area contributed by atoms with Gasteiger partial charge in [0.1, 0.15) is 12.4 Å². The van der Waals surface area contributed by atoms with E-state index in [0.29, 0.717) is 22.4 Å². The summed E-state index contributed by atoms with van der Waals surface area (Å²) >= 11 is 5.99. The predicted octanol–water partition coefficient (Wildman–Crippen LogP) is 6.18. The Balaban J connectivity index is 1.32. The molecule has 0 atom stereocenters. The number of carboxylic acid groups (broad SMARTS) is 1. The van der Waals surface area contributed by atoms with Crippen molar-refractivity contribution in [2.75, 3.05) is 0 Å². The maximum absolute atomic E-state index is 13.0. The second kappa shape index (κ2) is 8.91. The maximum Gasteiger partial charge on any atom is 0.337 e. The van der Waals surface area contributed by atoms with E-state index >= 15 is 0 Å². The highest BCUT2D eigenvalue weighted by molar-refractivity contribution is 6.33. The number of ether oxygens (including phenoxy) is 1. The van der Waals surface area contributed by atoms with E-state index in [-0.39, 0.29) is 42.5 Å². The fraction of sp³-hybridized carbons (Fsp3) is 0.259. The number of hydrogen-bond acceptors (Lipinski definition) is 3. The first-order chi connectivity index (χ1) is 17.5. The van der Waals surface area contributed by atoms with Crippen molar-refractivity contribution in [3.8, 4) is 16.9 Å². The minimum Gasteiger partial charge on any atom is -0.489 e. The number of amides is 1. The Labute approximate surface area is 203 Å². The van der Waals surface area contributed by atoms with Crippen molar-refractivity contribution in [3.63, 3.8) is 0 Å². The quantitative estimate of drug-likeness (QED) is 0.471. The third kappa shape index (κ3) is 4.33. The molecule has 0 spiro atoms. The number of halogens is 1. The van der Waals surface area contributed by atoms with Gasteiger partial charge in [0.15, 0.2) is 0 Å². The lowest BCUT2D eigenvalue weighted by Gasteiger charge is -2.23. The Bertz CT molecular complexity index is 1390. The number of carbonyl (C=O) groups excluding carboxylic acids is 1. The van der Waals surface area contributed by atoms with Crippen LogP contribution in [0.4, 0.5) is 0 Å². The number of carbonyl (C=O) groups is 2. The topological polar surface area (TPSA) is 66.8 Å². The van der Waals surface area contributed by atoms with E-state index < -0.39 is 24.8 Å². The summed E-state index contributed by atoms with van der Waals surface area (Å²) in [6.45, 7) is 0.365. The molecule has 0 bridgehead atoms. The van der Waals surface area contributed by atoms with Crippen LogP contribution in [0.3, 0.4) is 0 Å². The Morgan fingerprint density at radius 2 is 1.88 bits per heavy atom. The molecule has 3 aromatic carbocycles. The highest BCUT2D eigenvalue weighted by atomic mass is 35.5. The van der Waals surface area contributed by atoms with E-state index in [1.807, 2.05) is 24.3 Å². The maximum atomic E-state index is 13.0. The largest absolute Gasteiger partial charge is 0.489 e. The minimum atomic E-state index is -1.79. The molecule has 6 heteroatoms. The predicted molar refractivity (Wildman–Crippen MR) is 127 cm³/mol. The Morgan fingerprint density at radius 3 is 2.67 bits per heavy atom. The monoisotopic (exact) mass is 465 g/mol. The summed E-state index contributed by atoms with van der Waals surface area (Å²) in [7, 11) is 0. The Morgan fingerprint density at radius 1 is 1.09 bits per heavy atom. The van der Waals surface area contributed by atoms with Crippen molar-refractivity contribution in [3.05, 3.63) is 87.9 Å². The summed E-state index contributed by atoms with van der Waals surface area (Å²) in [5.41, 5.74) is 3.53. The third-order valence-electron chi connectivity index (χ3n) is 5.88. The van der Waals surface area contributed by atoms with Gasteiger partial charge < -0.3 is 14.7 Å².